The Labute approximate surface area is 82.3 Å². The number of halogens is 1. The monoisotopic (exact) mass is 198 g/mol. The third-order valence-electron chi connectivity index (χ3n) is 2.15. The van der Waals surface area contributed by atoms with E-state index in [9.17, 15) is 0 Å². The maximum atomic E-state index is 5.97. The van der Waals surface area contributed by atoms with Crippen LogP contribution in [0, 0.1) is 6.92 Å². The van der Waals surface area contributed by atoms with Crippen LogP contribution in [0.4, 0.5) is 0 Å². The normalized spacial score (nSPS) is 15.8. The van der Waals surface area contributed by atoms with Crippen molar-refractivity contribution in [3.63, 3.8) is 0 Å². The van der Waals surface area contributed by atoms with Gasteiger partial charge in [-0.1, -0.05) is 11.6 Å². The lowest BCUT2D eigenvalue weighted by Crippen LogP contribution is -1.99. The van der Waals surface area contributed by atoms with Crippen molar-refractivity contribution in [3.05, 3.63) is 28.3 Å². The SMILES string of the molecule is Cc1cc(Cl)cc2c1SCCC2. The fourth-order valence-corrected chi connectivity index (χ4v) is 3.05. The van der Waals surface area contributed by atoms with Gasteiger partial charge in [-0.2, -0.15) is 0 Å². The molecule has 0 fully saturated rings. The first kappa shape index (κ1) is 8.46. The van der Waals surface area contributed by atoms with E-state index in [1.165, 1.54) is 34.6 Å². The molecule has 0 saturated heterocycles. The lowest BCUT2D eigenvalue weighted by Gasteiger charge is -2.17. The minimum atomic E-state index is 0.883. The van der Waals surface area contributed by atoms with E-state index in [4.69, 9.17) is 11.6 Å². The van der Waals surface area contributed by atoms with Crippen molar-refractivity contribution in [1.82, 2.24) is 0 Å². The van der Waals surface area contributed by atoms with Crippen molar-refractivity contribution in [2.24, 2.45) is 0 Å². The zero-order chi connectivity index (χ0) is 8.55. The van der Waals surface area contributed by atoms with Crippen LogP contribution in [-0.2, 0) is 6.42 Å². The smallest absolute Gasteiger partial charge is 0.0412 e. The molecule has 0 radical (unpaired) electrons. The number of hydrogen-bond donors (Lipinski definition) is 0. The van der Waals surface area contributed by atoms with Gasteiger partial charge in [-0.3, -0.25) is 0 Å². The second-order valence-corrected chi connectivity index (χ2v) is 4.70. The molecule has 0 spiro atoms. The number of hydrogen-bond acceptors (Lipinski definition) is 1. The van der Waals surface area contributed by atoms with Crippen molar-refractivity contribution in [1.29, 1.82) is 0 Å². The van der Waals surface area contributed by atoms with Crippen LogP contribution in [0.25, 0.3) is 0 Å². The Bertz CT molecular complexity index is 307. The molecule has 1 aliphatic heterocycles. The van der Waals surface area contributed by atoms with E-state index >= 15 is 0 Å². The number of rotatable bonds is 0. The molecule has 0 saturated carbocycles. The average molecular weight is 199 g/mol. The first-order valence-electron chi connectivity index (χ1n) is 4.19. The van der Waals surface area contributed by atoms with Crippen molar-refractivity contribution in [2.45, 2.75) is 24.7 Å². The second-order valence-electron chi connectivity index (χ2n) is 3.16. The summed E-state index contributed by atoms with van der Waals surface area (Å²) in [5.74, 6) is 1.26. The Balaban J connectivity index is 2.53. The summed E-state index contributed by atoms with van der Waals surface area (Å²) in [6, 6.07) is 4.16. The molecule has 2 heteroatoms. The minimum absolute atomic E-state index is 0.883. The maximum absolute atomic E-state index is 5.97. The van der Waals surface area contributed by atoms with E-state index < -0.39 is 0 Å². The van der Waals surface area contributed by atoms with E-state index in [1.54, 1.807) is 0 Å². The van der Waals surface area contributed by atoms with Crippen LogP contribution in [0.2, 0.25) is 5.02 Å². The predicted molar refractivity (Wildman–Crippen MR) is 55.2 cm³/mol. The van der Waals surface area contributed by atoms with Crippen LogP contribution in [-0.4, -0.2) is 5.75 Å². The lowest BCUT2D eigenvalue weighted by atomic mass is 10.1. The van der Waals surface area contributed by atoms with Crippen molar-refractivity contribution in [2.75, 3.05) is 5.75 Å². The molecule has 0 aliphatic carbocycles. The quantitative estimate of drug-likeness (QED) is 0.613. The molecule has 0 bridgehead atoms. The Kier molecular flexibility index (Phi) is 2.33. The van der Waals surface area contributed by atoms with Gasteiger partial charge in [0.15, 0.2) is 0 Å². The highest BCUT2D eigenvalue weighted by Gasteiger charge is 2.12. The molecule has 1 aliphatic rings. The summed E-state index contributed by atoms with van der Waals surface area (Å²) in [5.41, 5.74) is 2.78. The summed E-state index contributed by atoms with van der Waals surface area (Å²) in [5, 5.41) is 0.883. The van der Waals surface area contributed by atoms with Crippen LogP contribution in [0.5, 0.6) is 0 Å². The highest BCUT2D eigenvalue weighted by molar-refractivity contribution is 7.99. The Morgan fingerprint density at radius 2 is 2.25 bits per heavy atom. The summed E-state index contributed by atoms with van der Waals surface area (Å²) in [4.78, 5) is 1.46. The molecule has 12 heavy (non-hydrogen) atoms. The minimum Gasteiger partial charge on any atom is -0.126 e. The fourth-order valence-electron chi connectivity index (χ4n) is 1.63. The van der Waals surface area contributed by atoms with Gasteiger partial charge in [0.2, 0.25) is 0 Å². The summed E-state index contributed by atoms with van der Waals surface area (Å²) in [6.45, 7) is 2.14. The standard InChI is InChI=1S/C10H11ClS/c1-7-5-9(11)6-8-3-2-4-12-10(7)8/h5-6H,2-4H2,1H3. The molecular weight excluding hydrogens is 188 g/mol. The highest BCUT2D eigenvalue weighted by Crippen LogP contribution is 2.34. The Morgan fingerprint density at radius 1 is 1.42 bits per heavy atom. The Morgan fingerprint density at radius 3 is 3.08 bits per heavy atom. The number of thioether (sulfide) groups is 1. The third-order valence-corrected chi connectivity index (χ3v) is 3.74. The van der Waals surface area contributed by atoms with Crippen LogP contribution in [0.15, 0.2) is 17.0 Å². The first-order valence-corrected chi connectivity index (χ1v) is 5.55. The largest absolute Gasteiger partial charge is 0.126 e. The van der Waals surface area contributed by atoms with Gasteiger partial charge < -0.3 is 0 Å². The van der Waals surface area contributed by atoms with E-state index in [1.807, 2.05) is 11.8 Å². The van der Waals surface area contributed by atoms with Crippen LogP contribution < -0.4 is 0 Å². The summed E-state index contributed by atoms with van der Waals surface area (Å²) in [6.07, 6.45) is 2.49. The van der Waals surface area contributed by atoms with E-state index in [2.05, 4.69) is 19.1 Å². The first-order chi connectivity index (χ1) is 5.77. The van der Waals surface area contributed by atoms with Gasteiger partial charge in [-0.15, -0.1) is 11.8 Å². The average Bonchev–Trinajstić information content (AvgIpc) is 2.04. The van der Waals surface area contributed by atoms with Gasteiger partial charge in [0.05, 0.1) is 0 Å². The molecule has 0 atom stereocenters. The lowest BCUT2D eigenvalue weighted by molar-refractivity contribution is 0.883. The molecule has 1 heterocycles. The van der Waals surface area contributed by atoms with E-state index in [-0.39, 0.29) is 0 Å². The highest BCUT2D eigenvalue weighted by atomic mass is 35.5. The fraction of sp³-hybridized carbons (Fsp3) is 0.400. The van der Waals surface area contributed by atoms with Gasteiger partial charge in [0.1, 0.15) is 0 Å². The molecule has 0 N–H and O–H groups in total. The van der Waals surface area contributed by atoms with Crippen molar-refractivity contribution >= 4 is 23.4 Å². The molecule has 0 nitrogen and oxygen atoms in total. The van der Waals surface area contributed by atoms with Crippen LogP contribution in [0.1, 0.15) is 17.5 Å². The molecule has 64 valence electrons. The van der Waals surface area contributed by atoms with Crippen LogP contribution in [0.3, 0.4) is 0 Å². The number of aryl methyl sites for hydroxylation is 2. The van der Waals surface area contributed by atoms with Gasteiger partial charge in [0.25, 0.3) is 0 Å². The summed E-state index contributed by atoms with van der Waals surface area (Å²) in [7, 11) is 0. The topological polar surface area (TPSA) is 0 Å². The molecular formula is C10H11ClS. The van der Waals surface area contributed by atoms with Crippen LogP contribution >= 0.6 is 23.4 Å². The molecule has 0 aromatic heterocycles. The molecule has 1 aromatic carbocycles. The van der Waals surface area contributed by atoms with Gasteiger partial charge in [-0.25, -0.2) is 0 Å². The number of fused-ring (bicyclic) bond motifs is 1. The summed E-state index contributed by atoms with van der Waals surface area (Å²) >= 11 is 7.94. The predicted octanol–water partition coefficient (Wildman–Crippen LogP) is 3.69. The number of benzene rings is 1. The van der Waals surface area contributed by atoms with Crippen molar-refractivity contribution < 1.29 is 0 Å². The van der Waals surface area contributed by atoms with Crippen molar-refractivity contribution in [3.8, 4) is 0 Å². The second kappa shape index (κ2) is 3.31. The molecule has 0 unspecified atom stereocenters. The zero-order valence-electron chi connectivity index (χ0n) is 7.06. The molecule has 2 rings (SSSR count). The van der Waals surface area contributed by atoms with Gasteiger partial charge >= 0.3 is 0 Å². The van der Waals surface area contributed by atoms with E-state index in [0.29, 0.717) is 0 Å². The maximum Gasteiger partial charge on any atom is 0.0412 e. The third kappa shape index (κ3) is 1.48. The van der Waals surface area contributed by atoms with Gasteiger partial charge in [0, 0.05) is 9.92 Å². The molecule has 1 aromatic rings. The summed E-state index contributed by atoms with van der Waals surface area (Å²) < 4.78 is 0. The Hall–Kier alpha value is -0.140. The van der Waals surface area contributed by atoms with Gasteiger partial charge in [-0.05, 0) is 48.8 Å². The molecule has 0 amide bonds. The van der Waals surface area contributed by atoms with E-state index in [0.717, 1.165) is 5.02 Å². The zero-order valence-corrected chi connectivity index (χ0v) is 8.63.